The van der Waals surface area contributed by atoms with E-state index in [2.05, 4.69) is 22.2 Å². The maximum atomic E-state index is 6.38. The highest BCUT2D eigenvalue weighted by Gasteiger charge is 2.14. The second kappa shape index (κ2) is 7.30. The van der Waals surface area contributed by atoms with Crippen LogP contribution in [0, 0.1) is 0 Å². The number of hydrogen-bond donors (Lipinski definition) is 1. The fraction of sp³-hybridized carbons (Fsp3) is 0.176. The average molecular weight is 364 g/mol. The molecule has 0 aliphatic rings. The number of aromatic nitrogens is 2. The van der Waals surface area contributed by atoms with E-state index in [-0.39, 0.29) is 0 Å². The molecule has 23 heavy (non-hydrogen) atoms. The Bertz CT molecular complexity index is 817. The fourth-order valence-electron chi connectivity index (χ4n) is 2.25. The van der Waals surface area contributed by atoms with Crippen LogP contribution in [-0.4, -0.2) is 16.5 Å². The van der Waals surface area contributed by atoms with E-state index in [1.807, 2.05) is 30.6 Å². The van der Waals surface area contributed by atoms with Gasteiger partial charge in [0.05, 0.1) is 14.9 Å². The summed E-state index contributed by atoms with van der Waals surface area (Å²) in [7, 11) is 0. The van der Waals surface area contributed by atoms with Crippen molar-refractivity contribution in [1.82, 2.24) is 9.97 Å². The van der Waals surface area contributed by atoms with Crippen molar-refractivity contribution in [3.05, 3.63) is 52.9 Å². The summed E-state index contributed by atoms with van der Waals surface area (Å²) < 4.78 is 0. The van der Waals surface area contributed by atoms with E-state index >= 15 is 0 Å². The van der Waals surface area contributed by atoms with Crippen molar-refractivity contribution in [1.29, 1.82) is 0 Å². The molecule has 0 atom stereocenters. The molecule has 2 heterocycles. The van der Waals surface area contributed by atoms with Crippen molar-refractivity contribution in [2.75, 3.05) is 11.9 Å². The highest BCUT2D eigenvalue weighted by molar-refractivity contribution is 7.18. The highest BCUT2D eigenvalue weighted by Crippen LogP contribution is 2.40. The van der Waals surface area contributed by atoms with E-state index < -0.39 is 0 Å². The van der Waals surface area contributed by atoms with Gasteiger partial charge in [0.2, 0.25) is 0 Å². The van der Waals surface area contributed by atoms with Crippen LogP contribution < -0.4 is 5.32 Å². The Labute approximate surface area is 149 Å². The Morgan fingerprint density at radius 2 is 1.96 bits per heavy atom. The van der Waals surface area contributed by atoms with Crippen molar-refractivity contribution in [2.24, 2.45) is 0 Å². The Morgan fingerprint density at radius 3 is 2.78 bits per heavy atom. The van der Waals surface area contributed by atoms with E-state index in [4.69, 9.17) is 23.2 Å². The summed E-state index contributed by atoms with van der Waals surface area (Å²) in [6, 6.07) is 7.60. The lowest BCUT2D eigenvalue weighted by atomic mass is 10.0. The molecule has 0 radical (unpaired) electrons. The van der Waals surface area contributed by atoms with Crippen molar-refractivity contribution in [3.63, 3.8) is 0 Å². The molecule has 0 amide bonds. The Kier molecular flexibility index (Phi) is 5.16. The minimum atomic E-state index is 0.536. The summed E-state index contributed by atoms with van der Waals surface area (Å²) in [4.78, 5) is 9.74. The smallest absolute Gasteiger partial charge is 0.183 e. The number of pyridine rings is 1. The Hall–Kier alpha value is -1.62. The number of nitrogens with zero attached hydrogens (tertiary/aromatic N) is 2. The summed E-state index contributed by atoms with van der Waals surface area (Å²) in [5.74, 6) is 0. The SMILES string of the molecule is CCCNc1ncc(-c2ccncc2-c2cccc(Cl)c2Cl)s1. The van der Waals surface area contributed by atoms with Gasteiger partial charge in [-0.3, -0.25) is 4.98 Å². The molecule has 118 valence electrons. The molecule has 2 aromatic heterocycles. The summed E-state index contributed by atoms with van der Waals surface area (Å²) in [6.07, 6.45) is 6.52. The predicted molar refractivity (Wildman–Crippen MR) is 99.6 cm³/mol. The Morgan fingerprint density at radius 1 is 1.09 bits per heavy atom. The zero-order chi connectivity index (χ0) is 16.2. The lowest BCUT2D eigenvalue weighted by molar-refractivity contribution is 0.976. The quantitative estimate of drug-likeness (QED) is 0.603. The summed E-state index contributed by atoms with van der Waals surface area (Å²) >= 11 is 14.1. The first-order valence-electron chi connectivity index (χ1n) is 7.29. The average Bonchev–Trinajstić information content (AvgIpc) is 3.04. The molecule has 0 spiro atoms. The van der Waals surface area contributed by atoms with Gasteiger partial charge in [-0.05, 0) is 18.6 Å². The van der Waals surface area contributed by atoms with Crippen molar-refractivity contribution < 1.29 is 0 Å². The lowest BCUT2D eigenvalue weighted by Gasteiger charge is -2.10. The lowest BCUT2D eigenvalue weighted by Crippen LogP contribution is -1.97. The van der Waals surface area contributed by atoms with Gasteiger partial charge in [-0.1, -0.05) is 53.6 Å². The fourth-order valence-corrected chi connectivity index (χ4v) is 3.53. The second-order valence-corrected chi connectivity index (χ2v) is 6.79. The van der Waals surface area contributed by atoms with Gasteiger partial charge in [0, 0.05) is 41.8 Å². The molecule has 0 bridgehead atoms. The van der Waals surface area contributed by atoms with Gasteiger partial charge in [0.15, 0.2) is 5.13 Å². The van der Waals surface area contributed by atoms with Gasteiger partial charge >= 0.3 is 0 Å². The van der Waals surface area contributed by atoms with Crippen LogP contribution in [0.15, 0.2) is 42.9 Å². The van der Waals surface area contributed by atoms with Crippen molar-refractivity contribution in [3.8, 4) is 21.6 Å². The third kappa shape index (κ3) is 3.50. The van der Waals surface area contributed by atoms with Crippen LogP contribution in [0.3, 0.4) is 0 Å². The molecule has 3 rings (SSSR count). The first kappa shape index (κ1) is 16.2. The van der Waals surface area contributed by atoms with Crippen LogP contribution in [0.1, 0.15) is 13.3 Å². The van der Waals surface area contributed by atoms with Crippen molar-refractivity contribution >= 4 is 39.7 Å². The topological polar surface area (TPSA) is 37.8 Å². The number of halogens is 2. The third-order valence-electron chi connectivity index (χ3n) is 3.36. The molecular weight excluding hydrogens is 349 g/mol. The largest absolute Gasteiger partial charge is 0.362 e. The number of rotatable bonds is 5. The molecule has 1 N–H and O–H groups in total. The minimum absolute atomic E-state index is 0.536. The van der Waals surface area contributed by atoms with Gasteiger partial charge < -0.3 is 5.32 Å². The first-order valence-corrected chi connectivity index (χ1v) is 8.86. The molecule has 1 aromatic carbocycles. The molecule has 0 fully saturated rings. The minimum Gasteiger partial charge on any atom is -0.362 e. The Balaban J connectivity index is 2.04. The van der Waals surface area contributed by atoms with Crippen LogP contribution in [-0.2, 0) is 0 Å². The van der Waals surface area contributed by atoms with Crippen LogP contribution in [0.25, 0.3) is 21.6 Å². The second-order valence-electron chi connectivity index (χ2n) is 4.98. The molecule has 0 aliphatic heterocycles. The molecule has 6 heteroatoms. The molecule has 0 saturated carbocycles. The van der Waals surface area contributed by atoms with E-state index in [1.54, 1.807) is 23.6 Å². The molecule has 0 aliphatic carbocycles. The monoisotopic (exact) mass is 363 g/mol. The van der Waals surface area contributed by atoms with Crippen LogP contribution in [0.4, 0.5) is 5.13 Å². The van der Waals surface area contributed by atoms with Crippen LogP contribution >= 0.6 is 34.5 Å². The summed E-state index contributed by atoms with van der Waals surface area (Å²) in [6.45, 7) is 3.04. The maximum Gasteiger partial charge on any atom is 0.183 e. The molecule has 0 saturated heterocycles. The van der Waals surface area contributed by atoms with E-state index in [0.717, 1.165) is 39.7 Å². The molecular formula is C17H15Cl2N3S. The highest BCUT2D eigenvalue weighted by atomic mass is 35.5. The number of benzene rings is 1. The van der Waals surface area contributed by atoms with E-state index in [0.29, 0.717) is 10.0 Å². The number of hydrogen-bond acceptors (Lipinski definition) is 4. The van der Waals surface area contributed by atoms with Gasteiger partial charge in [-0.25, -0.2) is 4.98 Å². The molecule has 0 unspecified atom stereocenters. The zero-order valence-electron chi connectivity index (χ0n) is 12.5. The predicted octanol–water partition coefficient (Wildman–Crippen LogP) is 6.00. The summed E-state index contributed by atoms with van der Waals surface area (Å²) in [5.41, 5.74) is 2.87. The van der Waals surface area contributed by atoms with Crippen LogP contribution in [0.5, 0.6) is 0 Å². The third-order valence-corrected chi connectivity index (χ3v) is 5.17. The summed E-state index contributed by atoms with van der Waals surface area (Å²) in [5, 5.41) is 5.30. The van der Waals surface area contributed by atoms with Gasteiger partial charge in [0.1, 0.15) is 0 Å². The van der Waals surface area contributed by atoms with Gasteiger partial charge in [0.25, 0.3) is 0 Å². The standard InChI is InChI=1S/C17H15Cl2N3S/c1-2-7-21-17-22-10-15(23-17)11-6-8-20-9-13(11)12-4-3-5-14(18)16(12)19/h3-6,8-10H,2,7H2,1H3,(H,21,22). The van der Waals surface area contributed by atoms with Crippen molar-refractivity contribution in [2.45, 2.75) is 13.3 Å². The number of thiazole rings is 1. The molecule has 3 nitrogen and oxygen atoms in total. The number of anilines is 1. The van der Waals surface area contributed by atoms with Gasteiger partial charge in [-0.2, -0.15) is 0 Å². The first-order chi connectivity index (χ1) is 11.2. The van der Waals surface area contributed by atoms with Gasteiger partial charge in [-0.15, -0.1) is 0 Å². The van der Waals surface area contributed by atoms with E-state index in [1.165, 1.54) is 0 Å². The zero-order valence-corrected chi connectivity index (χ0v) is 14.8. The number of nitrogens with one attached hydrogen (secondary N) is 1. The maximum absolute atomic E-state index is 6.38. The van der Waals surface area contributed by atoms with Crippen LogP contribution in [0.2, 0.25) is 10.0 Å². The van der Waals surface area contributed by atoms with E-state index in [9.17, 15) is 0 Å². The normalized spacial score (nSPS) is 10.7. The molecule has 3 aromatic rings.